The zero-order valence-corrected chi connectivity index (χ0v) is 58.3. The minimum atomic E-state index is -0.834. The highest BCUT2D eigenvalue weighted by Crippen LogP contribution is 2.33. The molecular formula is C74H82N10O24. The molecule has 34 nitrogen and oxygen atoms in total. The van der Waals surface area contributed by atoms with Crippen molar-refractivity contribution in [3.05, 3.63) is 232 Å². The summed E-state index contributed by atoms with van der Waals surface area (Å²) in [6.07, 6.45) is 2.88. The van der Waals surface area contributed by atoms with Gasteiger partial charge in [-0.1, -0.05) is 48.5 Å². The van der Waals surface area contributed by atoms with Crippen molar-refractivity contribution in [2.75, 3.05) is 65.4 Å². The smallest absolute Gasteiger partial charge is 0.283 e. The summed E-state index contributed by atoms with van der Waals surface area (Å²) in [6.45, 7) is 0.894. The van der Waals surface area contributed by atoms with Crippen LogP contribution < -0.4 is 32.9 Å². The molecule has 8 rings (SSSR count). The Hall–Kier alpha value is -13.6. The van der Waals surface area contributed by atoms with Gasteiger partial charge in [-0.25, -0.2) is 0 Å². The summed E-state index contributed by atoms with van der Waals surface area (Å²) in [4.78, 5) is 157. The van der Waals surface area contributed by atoms with Crippen molar-refractivity contribution in [2.45, 2.75) is 77.0 Å². The van der Waals surface area contributed by atoms with Crippen LogP contribution in [0.25, 0.3) is 0 Å². The molecule has 4 aromatic carbocycles. The number of aromatic hydroxyl groups is 8. The number of unbranched alkanes of at least 4 members (excludes halogenated alkanes) is 4. The zero-order valence-electron chi connectivity index (χ0n) is 58.3. The molecule has 0 saturated heterocycles. The maximum absolute atomic E-state index is 13.6. The number of Topliss-reactive ketones (excluding diaryl/α,β-unsaturated/α-hetero) is 2. The predicted octanol–water partition coefficient (Wildman–Crippen LogP) is 5.09. The van der Waals surface area contributed by atoms with Crippen LogP contribution >= 0.6 is 0 Å². The monoisotopic (exact) mass is 1490 g/mol. The number of para-hydroxylation sites is 4. The van der Waals surface area contributed by atoms with Crippen molar-refractivity contribution >= 4 is 47.0 Å². The Labute approximate surface area is 614 Å². The van der Waals surface area contributed by atoms with Gasteiger partial charge in [-0.05, 0) is 137 Å². The van der Waals surface area contributed by atoms with E-state index >= 15 is 0 Å². The molecule has 34 heteroatoms. The second-order valence-corrected chi connectivity index (χ2v) is 24.5. The molecule has 6 amide bonds. The minimum Gasteiger partial charge on any atom is -0.504 e. The quantitative estimate of drug-likeness (QED) is 0.0105. The number of hydrogen-bond acceptors (Lipinski definition) is 24. The summed E-state index contributed by atoms with van der Waals surface area (Å²) in [6, 6.07) is 30.7. The molecule has 4 aromatic heterocycles. The molecule has 108 heavy (non-hydrogen) atoms. The number of carbonyl (C=O) groups is 8. The van der Waals surface area contributed by atoms with Crippen molar-refractivity contribution in [2.24, 2.45) is 0 Å². The third-order valence-corrected chi connectivity index (χ3v) is 17.0. The number of hydrogen-bond donors (Lipinski definition) is 14. The Balaban J connectivity index is 0.000000301. The van der Waals surface area contributed by atoms with E-state index in [4.69, 9.17) is 0 Å². The summed E-state index contributed by atoms with van der Waals surface area (Å²) in [5, 5.41) is 126. The number of carbonyl (C=O) groups excluding carboxylic acids is 8. The van der Waals surface area contributed by atoms with Crippen molar-refractivity contribution in [1.82, 2.24) is 49.2 Å². The summed E-state index contributed by atoms with van der Waals surface area (Å²) in [5.41, 5.74) is -4.76. The maximum Gasteiger partial charge on any atom is 0.283 e. The Morgan fingerprint density at radius 2 is 0.546 bits per heavy atom. The van der Waals surface area contributed by atoms with Crippen LogP contribution in [-0.2, 0) is 0 Å². The molecule has 0 aliphatic carbocycles. The Kier molecular flexibility index (Phi) is 29.8. The SMILES string of the molecule is O=C(CCCCN(CCCCN(CCCNC(=O)c1cccc(=O)n1O)C(=O)c1cccc(=O)n1O)C(=O)c1cccc(=O)n1O)c1cccc(=O)n1O.O=C(CCCCN(CCCCN(CCCNC(=O)c1cccc(O)c1O)C(=O)c1cccc(O)c1O)C(=O)c1cccc(O)c1O)c1cccc(O)c1O. The molecule has 0 unspecified atom stereocenters. The first-order valence-corrected chi connectivity index (χ1v) is 34.1. The highest BCUT2D eigenvalue weighted by Gasteiger charge is 2.27. The first-order chi connectivity index (χ1) is 51.6. The van der Waals surface area contributed by atoms with E-state index in [1.165, 1.54) is 141 Å². The van der Waals surface area contributed by atoms with Gasteiger partial charge in [0.15, 0.2) is 57.6 Å². The second-order valence-electron chi connectivity index (χ2n) is 24.5. The topological polar surface area (TPSA) is 504 Å². The number of nitrogens with one attached hydrogen (secondary N) is 2. The van der Waals surface area contributed by atoms with Crippen molar-refractivity contribution in [3.63, 3.8) is 0 Å². The number of phenolic OH excluding ortho intramolecular Hbond substituents is 8. The van der Waals surface area contributed by atoms with E-state index in [0.29, 0.717) is 25.7 Å². The Bertz CT molecular complexity index is 4520. The fraction of sp³-hybridized carbons (Fsp3) is 0.297. The van der Waals surface area contributed by atoms with E-state index in [1.54, 1.807) is 0 Å². The number of benzene rings is 4. The summed E-state index contributed by atoms with van der Waals surface area (Å²) < 4.78 is 0.894. The molecule has 0 aliphatic heterocycles. The van der Waals surface area contributed by atoms with Crippen molar-refractivity contribution in [1.29, 1.82) is 0 Å². The largest absolute Gasteiger partial charge is 0.504 e. The van der Waals surface area contributed by atoms with Crippen molar-refractivity contribution in [3.8, 4) is 46.0 Å². The fourth-order valence-electron chi connectivity index (χ4n) is 11.2. The van der Waals surface area contributed by atoms with Crippen molar-refractivity contribution < 1.29 is 100 Å². The number of aromatic nitrogens is 4. The molecule has 0 aliphatic rings. The lowest BCUT2D eigenvalue weighted by molar-refractivity contribution is 0.0657. The third-order valence-electron chi connectivity index (χ3n) is 17.0. The average molecular weight is 1500 g/mol. The van der Waals surface area contributed by atoms with E-state index < -0.39 is 115 Å². The molecule has 14 N–H and O–H groups in total. The van der Waals surface area contributed by atoms with Gasteiger partial charge < -0.3 is 91.9 Å². The second kappa shape index (κ2) is 39.4. The van der Waals surface area contributed by atoms with Gasteiger partial charge in [-0.15, -0.1) is 18.9 Å². The van der Waals surface area contributed by atoms with Gasteiger partial charge in [0.05, 0.1) is 22.3 Å². The summed E-state index contributed by atoms with van der Waals surface area (Å²) in [7, 11) is 0. The summed E-state index contributed by atoms with van der Waals surface area (Å²) in [5.74, 6) is -8.93. The molecule has 4 heterocycles. The molecule has 0 spiro atoms. The predicted molar refractivity (Wildman–Crippen MR) is 383 cm³/mol. The molecule has 572 valence electrons. The number of ketones is 2. The molecule has 0 atom stereocenters. The van der Waals surface area contributed by atoms with Crippen LogP contribution in [0.3, 0.4) is 0 Å². The van der Waals surface area contributed by atoms with Gasteiger partial charge in [0.1, 0.15) is 22.8 Å². The first-order valence-electron chi connectivity index (χ1n) is 34.1. The van der Waals surface area contributed by atoms with E-state index in [2.05, 4.69) is 10.6 Å². The van der Waals surface area contributed by atoms with E-state index in [9.17, 15) is 119 Å². The standard InChI is InChI=1S/C39H43N3O12.C35H39N7O12/c43-28(24-10-5-15-29(44)33(24)48)14-1-2-20-41(38(53)26-12-7-17-31(46)35(26)50)21-3-4-22-42(39(54)27-13-8-18-32(47)36(27)51)23-9-19-40-37(52)25-11-6-16-30(45)34(25)49;43-28(24-10-5-15-29(44)39(24)51)14-1-2-20-37(34(49)26-12-7-17-31(46)41(26)53)21-3-4-22-38(35(50)27-13-8-18-32(47)42(27)54)23-9-19-36-33(48)25-11-6-16-30(45)40(25)52/h5-8,10-13,15-18,44-51H,1-4,9,14,19-23H2,(H,40,52);5-8,10-13,15-18,51-54H,1-4,9,14,19-23H2,(H,36,48). The fourth-order valence-corrected chi connectivity index (χ4v) is 11.2. The van der Waals surface area contributed by atoms with Gasteiger partial charge in [0.2, 0.25) is 0 Å². The Morgan fingerprint density at radius 1 is 0.278 bits per heavy atom. The van der Waals surface area contributed by atoms with Gasteiger partial charge in [-0.2, -0.15) is 0 Å². The van der Waals surface area contributed by atoms with E-state index in [-0.39, 0.29) is 181 Å². The highest BCUT2D eigenvalue weighted by atomic mass is 16.5. The van der Waals surface area contributed by atoms with Crippen LogP contribution in [0.5, 0.6) is 46.0 Å². The molecule has 0 radical (unpaired) electrons. The highest BCUT2D eigenvalue weighted by molar-refractivity contribution is 6.01. The Morgan fingerprint density at radius 3 is 0.944 bits per heavy atom. The van der Waals surface area contributed by atoms with E-state index in [1.807, 2.05) is 0 Å². The van der Waals surface area contributed by atoms with Crippen LogP contribution in [0.15, 0.2) is 165 Å². The minimum absolute atomic E-state index is 0.0117. The summed E-state index contributed by atoms with van der Waals surface area (Å²) >= 11 is 0. The van der Waals surface area contributed by atoms with Gasteiger partial charge in [0, 0.05) is 103 Å². The number of phenols is 8. The van der Waals surface area contributed by atoms with Gasteiger partial charge in [-0.3, -0.25) is 57.5 Å². The first kappa shape index (κ1) is 81.7. The number of rotatable bonds is 36. The van der Waals surface area contributed by atoms with Gasteiger partial charge >= 0.3 is 0 Å². The maximum atomic E-state index is 13.6. The van der Waals surface area contributed by atoms with Crippen LogP contribution in [0, 0.1) is 0 Å². The number of amides is 6. The lowest BCUT2D eigenvalue weighted by Crippen LogP contribution is -2.39. The lowest BCUT2D eigenvalue weighted by atomic mass is 10.0. The van der Waals surface area contributed by atoms with Gasteiger partial charge in [0.25, 0.3) is 57.7 Å². The molecule has 0 bridgehead atoms. The molecular weight excluding hydrogens is 1410 g/mol. The average Bonchev–Trinajstić information content (AvgIpc) is 0.836. The van der Waals surface area contributed by atoms with E-state index in [0.717, 1.165) is 24.3 Å². The van der Waals surface area contributed by atoms with Crippen LogP contribution in [-0.4, -0.2) is 213 Å². The van der Waals surface area contributed by atoms with Crippen LogP contribution in [0.4, 0.5) is 0 Å². The number of pyridine rings is 4. The molecule has 0 saturated carbocycles. The molecule has 8 aromatic rings. The molecule has 0 fully saturated rings. The third kappa shape index (κ3) is 21.8. The van der Waals surface area contributed by atoms with Crippen LogP contribution in [0.2, 0.25) is 0 Å². The number of nitrogens with zero attached hydrogens (tertiary/aromatic N) is 8. The lowest BCUT2D eigenvalue weighted by Gasteiger charge is -2.26. The van der Waals surface area contributed by atoms with Crippen LogP contribution in [0.1, 0.15) is 160 Å². The zero-order chi connectivity index (χ0) is 78.7. The normalized spacial score (nSPS) is 10.8.